The lowest BCUT2D eigenvalue weighted by Crippen LogP contribution is -2.20. The summed E-state index contributed by atoms with van der Waals surface area (Å²) in [4.78, 5) is 0. The van der Waals surface area contributed by atoms with Gasteiger partial charge < -0.3 is 0 Å². The van der Waals surface area contributed by atoms with E-state index in [0.29, 0.717) is 0 Å². The van der Waals surface area contributed by atoms with Gasteiger partial charge in [-0.1, -0.05) is 6.92 Å². The van der Waals surface area contributed by atoms with Crippen molar-refractivity contribution >= 4 is 13.2 Å². The molecule has 90 valence electrons. The molecule has 0 N–H and O–H groups in total. The summed E-state index contributed by atoms with van der Waals surface area (Å²) in [6.45, 7) is 1.42. The number of hydrogen-bond donors (Lipinski definition) is 0. The average Bonchev–Trinajstić information content (AvgIpc) is 2.29. The van der Waals surface area contributed by atoms with Crippen LogP contribution in [0.1, 0.15) is 6.92 Å². The van der Waals surface area contributed by atoms with Gasteiger partial charge in [0.25, 0.3) is 0 Å². The molecule has 0 nitrogen and oxygen atoms in total. The Hall–Kier alpha value is -0.770. The van der Waals surface area contributed by atoms with Gasteiger partial charge in [0, 0.05) is 0 Å². The van der Waals surface area contributed by atoms with E-state index in [9.17, 15) is 26.3 Å². The van der Waals surface area contributed by atoms with Crippen molar-refractivity contribution in [3.8, 4) is 0 Å². The van der Waals surface area contributed by atoms with Crippen LogP contribution in [-0.4, -0.2) is 12.6 Å². The van der Waals surface area contributed by atoms with E-state index < -0.39 is 48.7 Å². The minimum absolute atomic E-state index is 0.00415. The zero-order valence-electron chi connectivity index (χ0n) is 8.13. The van der Waals surface area contributed by atoms with Gasteiger partial charge in [-0.3, -0.25) is 0 Å². The van der Waals surface area contributed by atoms with Crippen LogP contribution in [0.5, 0.6) is 0 Å². The normalized spacial score (nSPS) is 12.9. The van der Waals surface area contributed by atoms with Crippen molar-refractivity contribution < 1.29 is 26.3 Å². The van der Waals surface area contributed by atoms with Gasteiger partial charge in [0.1, 0.15) is 6.42 Å². The Labute approximate surface area is 89.0 Å². The predicted octanol–water partition coefficient (Wildman–Crippen LogP) is 3.44. The highest BCUT2D eigenvalue weighted by atomic mass is 31.1. The molecule has 0 amide bonds. The van der Waals surface area contributed by atoms with Crippen molar-refractivity contribution in [2.24, 2.45) is 0 Å². The Balaban J connectivity index is 3.50. The molecule has 0 aliphatic rings. The van der Waals surface area contributed by atoms with Gasteiger partial charge in [0.05, 0.1) is 5.30 Å². The first kappa shape index (κ1) is 13.3. The van der Waals surface area contributed by atoms with Gasteiger partial charge in [0.2, 0.25) is 5.82 Å². The van der Waals surface area contributed by atoms with Gasteiger partial charge >= 0.3 is 0 Å². The highest BCUT2D eigenvalue weighted by Crippen LogP contribution is 2.37. The summed E-state index contributed by atoms with van der Waals surface area (Å²) in [6.07, 6.45) is -1.12. The first-order valence-electron chi connectivity index (χ1n) is 4.28. The van der Waals surface area contributed by atoms with Crippen LogP contribution in [0.3, 0.4) is 0 Å². The van der Waals surface area contributed by atoms with Crippen LogP contribution < -0.4 is 5.30 Å². The summed E-state index contributed by atoms with van der Waals surface area (Å²) >= 11 is 0. The molecule has 1 rings (SSSR count). The van der Waals surface area contributed by atoms with E-state index in [1.165, 1.54) is 6.92 Å². The lowest BCUT2D eigenvalue weighted by atomic mass is 10.3. The maximum Gasteiger partial charge on any atom is 0.200 e. The van der Waals surface area contributed by atoms with E-state index in [1.54, 1.807) is 0 Å². The summed E-state index contributed by atoms with van der Waals surface area (Å²) in [6, 6.07) is 0. The SMILES string of the molecule is CCP(CF)c1c(F)c(F)c(F)c(F)c1F. The number of benzene rings is 1. The number of alkyl halides is 1. The quantitative estimate of drug-likeness (QED) is 0.338. The molecule has 16 heavy (non-hydrogen) atoms. The van der Waals surface area contributed by atoms with E-state index in [-0.39, 0.29) is 6.16 Å². The second-order valence-electron chi connectivity index (χ2n) is 2.89. The smallest absolute Gasteiger partial charge is 0.200 e. The van der Waals surface area contributed by atoms with Crippen LogP contribution in [0.15, 0.2) is 0 Å². The molecule has 1 aromatic rings. The monoisotopic (exact) mass is 260 g/mol. The molecule has 0 bridgehead atoms. The first-order chi connectivity index (χ1) is 7.45. The molecule has 0 heterocycles. The number of rotatable bonds is 3. The van der Waals surface area contributed by atoms with Crippen LogP contribution in [0, 0.1) is 29.1 Å². The van der Waals surface area contributed by atoms with E-state index in [1.807, 2.05) is 0 Å². The van der Waals surface area contributed by atoms with Crippen LogP contribution in [0.2, 0.25) is 0 Å². The number of hydrogen-bond acceptors (Lipinski definition) is 0. The molecule has 7 heteroatoms. The molecule has 0 fully saturated rings. The molecule has 0 aliphatic heterocycles. The van der Waals surface area contributed by atoms with Crippen LogP contribution in [0.4, 0.5) is 26.3 Å². The lowest BCUT2D eigenvalue weighted by molar-refractivity contribution is 0.384. The molecular formula is C9H7F6P. The largest absolute Gasteiger partial charge is 0.246 e. The Morgan fingerprint density at radius 2 is 1.19 bits per heavy atom. The predicted molar refractivity (Wildman–Crippen MR) is 49.3 cm³/mol. The Bertz CT molecular complexity index is 372. The fraction of sp³-hybridized carbons (Fsp3) is 0.333. The van der Waals surface area contributed by atoms with Crippen LogP contribution in [0.25, 0.3) is 0 Å². The van der Waals surface area contributed by atoms with E-state index in [4.69, 9.17) is 0 Å². The fourth-order valence-corrected chi connectivity index (χ4v) is 2.53. The molecule has 0 saturated carbocycles. The highest BCUT2D eigenvalue weighted by Gasteiger charge is 2.29. The molecule has 1 aromatic carbocycles. The van der Waals surface area contributed by atoms with Crippen molar-refractivity contribution in [1.82, 2.24) is 0 Å². The number of halogens is 6. The van der Waals surface area contributed by atoms with Crippen molar-refractivity contribution in [1.29, 1.82) is 0 Å². The summed E-state index contributed by atoms with van der Waals surface area (Å²) in [5.41, 5.74) is 0. The zero-order chi connectivity index (χ0) is 12.5. The molecular weight excluding hydrogens is 253 g/mol. The topological polar surface area (TPSA) is 0 Å². The van der Waals surface area contributed by atoms with Crippen molar-refractivity contribution in [2.45, 2.75) is 6.92 Å². The van der Waals surface area contributed by atoms with Crippen molar-refractivity contribution in [2.75, 3.05) is 12.6 Å². The molecule has 1 unspecified atom stereocenters. The maximum atomic E-state index is 13.2. The molecule has 1 atom stereocenters. The summed E-state index contributed by atoms with van der Waals surface area (Å²) in [5, 5.41) is -1.02. The van der Waals surface area contributed by atoms with E-state index >= 15 is 0 Å². The van der Waals surface area contributed by atoms with Crippen molar-refractivity contribution in [3.63, 3.8) is 0 Å². The van der Waals surface area contributed by atoms with Gasteiger partial charge in [-0.25, -0.2) is 26.3 Å². The van der Waals surface area contributed by atoms with Gasteiger partial charge in [-0.2, -0.15) is 0 Å². The van der Waals surface area contributed by atoms with Crippen LogP contribution >= 0.6 is 7.92 Å². The Kier molecular flexibility index (Phi) is 4.19. The van der Waals surface area contributed by atoms with Gasteiger partial charge in [-0.05, 0) is 14.1 Å². The molecule has 0 aliphatic carbocycles. The molecule has 0 aromatic heterocycles. The molecule has 0 saturated heterocycles. The third-order valence-electron chi connectivity index (χ3n) is 2.03. The van der Waals surface area contributed by atoms with Gasteiger partial charge in [-0.15, -0.1) is 0 Å². The molecule has 0 spiro atoms. The summed E-state index contributed by atoms with van der Waals surface area (Å²) < 4.78 is 76.9. The third kappa shape index (κ3) is 2.03. The summed E-state index contributed by atoms with van der Waals surface area (Å²) in [5.74, 6) is -10.1. The van der Waals surface area contributed by atoms with Gasteiger partial charge in [0.15, 0.2) is 23.3 Å². The maximum absolute atomic E-state index is 13.2. The Morgan fingerprint density at radius 1 is 0.812 bits per heavy atom. The van der Waals surface area contributed by atoms with E-state index in [2.05, 4.69) is 0 Å². The third-order valence-corrected chi connectivity index (χ3v) is 4.11. The van der Waals surface area contributed by atoms with Crippen LogP contribution in [-0.2, 0) is 0 Å². The average molecular weight is 260 g/mol. The fourth-order valence-electron chi connectivity index (χ4n) is 1.17. The first-order valence-corrected chi connectivity index (χ1v) is 5.99. The minimum atomic E-state index is -2.22. The summed E-state index contributed by atoms with van der Waals surface area (Å²) in [7, 11) is -2.00. The Morgan fingerprint density at radius 3 is 1.50 bits per heavy atom. The molecule has 0 radical (unpaired) electrons. The van der Waals surface area contributed by atoms with Crippen molar-refractivity contribution in [3.05, 3.63) is 29.1 Å². The second kappa shape index (κ2) is 5.04. The van der Waals surface area contributed by atoms with E-state index in [0.717, 1.165) is 0 Å². The zero-order valence-corrected chi connectivity index (χ0v) is 9.02. The second-order valence-corrected chi connectivity index (χ2v) is 5.29. The standard InChI is InChI=1S/C9H7F6P/c1-2-16(3-10)9-7(14)5(12)4(11)6(13)8(9)15/h2-3H2,1H3. The minimum Gasteiger partial charge on any atom is -0.246 e. The lowest BCUT2D eigenvalue weighted by Gasteiger charge is -2.14. The highest BCUT2D eigenvalue weighted by molar-refractivity contribution is 7.65.